The van der Waals surface area contributed by atoms with E-state index in [9.17, 15) is 0 Å². The van der Waals surface area contributed by atoms with Gasteiger partial charge in [-0.25, -0.2) is 4.98 Å². The summed E-state index contributed by atoms with van der Waals surface area (Å²) in [5.41, 5.74) is 13.8. The lowest BCUT2D eigenvalue weighted by Crippen LogP contribution is -2.59. The predicted molar refractivity (Wildman–Crippen MR) is 84.4 cm³/mol. The Morgan fingerprint density at radius 2 is 1.95 bits per heavy atom. The molecule has 1 aliphatic carbocycles. The maximum Gasteiger partial charge on any atom is 0.123 e. The molecule has 0 spiro atoms. The Bertz CT molecular complexity index is 422. The molecular weight excluding hydrogens is 248 g/mol. The van der Waals surface area contributed by atoms with Crippen LogP contribution in [0.25, 0.3) is 0 Å². The number of nitrogens with two attached hydrogens (primary N) is 2. The summed E-state index contributed by atoms with van der Waals surface area (Å²) in [5.74, 6) is 0.581. The number of nitrogens with zero attached hydrogens (tertiary/aromatic N) is 2. The van der Waals surface area contributed by atoms with E-state index >= 15 is 0 Å². The van der Waals surface area contributed by atoms with Crippen molar-refractivity contribution < 1.29 is 0 Å². The second kappa shape index (κ2) is 6.55. The molecule has 4 N–H and O–H groups in total. The highest BCUT2D eigenvalue weighted by molar-refractivity contribution is 5.32. The first kappa shape index (κ1) is 15.3. The summed E-state index contributed by atoms with van der Waals surface area (Å²) in [4.78, 5) is 6.62. The standard InChI is InChI=1S/C16H28N4/c1-3-20(4-2)16(8-5-6-9-16)14(17)11-13-7-10-19-15(18)12-13/h7,10,12,14H,3-6,8-9,11,17H2,1-2H3,(H2,18,19). The monoisotopic (exact) mass is 276 g/mol. The number of anilines is 1. The SMILES string of the molecule is CCN(CC)C1(C(N)Cc2ccnc(N)c2)CCCC1. The van der Waals surface area contributed by atoms with Gasteiger partial charge in [-0.15, -0.1) is 0 Å². The van der Waals surface area contributed by atoms with E-state index in [2.05, 4.69) is 23.7 Å². The van der Waals surface area contributed by atoms with Gasteiger partial charge in [-0.1, -0.05) is 26.7 Å². The molecule has 0 saturated heterocycles. The van der Waals surface area contributed by atoms with Gasteiger partial charge >= 0.3 is 0 Å². The molecule has 2 rings (SSSR count). The zero-order valence-electron chi connectivity index (χ0n) is 12.8. The number of hydrogen-bond acceptors (Lipinski definition) is 4. The highest BCUT2D eigenvalue weighted by Gasteiger charge is 2.43. The molecule has 1 saturated carbocycles. The maximum absolute atomic E-state index is 6.65. The summed E-state index contributed by atoms with van der Waals surface area (Å²) < 4.78 is 0. The van der Waals surface area contributed by atoms with E-state index in [0.29, 0.717) is 5.82 Å². The Morgan fingerprint density at radius 3 is 2.50 bits per heavy atom. The molecule has 1 atom stereocenters. The van der Waals surface area contributed by atoms with Crippen molar-refractivity contribution in [1.29, 1.82) is 0 Å². The molecule has 20 heavy (non-hydrogen) atoms. The van der Waals surface area contributed by atoms with Gasteiger partial charge in [0.25, 0.3) is 0 Å². The van der Waals surface area contributed by atoms with Crippen LogP contribution in [0.4, 0.5) is 5.82 Å². The van der Waals surface area contributed by atoms with Gasteiger partial charge in [-0.3, -0.25) is 4.90 Å². The van der Waals surface area contributed by atoms with E-state index in [1.54, 1.807) is 6.20 Å². The summed E-state index contributed by atoms with van der Waals surface area (Å²) >= 11 is 0. The van der Waals surface area contributed by atoms with Gasteiger partial charge in [0.15, 0.2) is 0 Å². The first-order valence-corrected chi connectivity index (χ1v) is 7.83. The average Bonchev–Trinajstić information content (AvgIpc) is 2.91. The van der Waals surface area contributed by atoms with E-state index in [-0.39, 0.29) is 11.6 Å². The Labute approximate surface area is 122 Å². The number of aromatic nitrogens is 1. The summed E-state index contributed by atoms with van der Waals surface area (Å²) in [6.07, 6.45) is 7.68. The number of hydrogen-bond donors (Lipinski definition) is 2. The van der Waals surface area contributed by atoms with E-state index in [1.807, 2.05) is 12.1 Å². The van der Waals surface area contributed by atoms with E-state index in [1.165, 1.54) is 31.2 Å². The molecule has 0 aliphatic heterocycles. The minimum absolute atomic E-state index is 0.159. The highest BCUT2D eigenvalue weighted by Crippen LogP contribution is 2.38. The molecular formula is C16H28N4. The van der Waals surface area contributed by atoms with Gasteiger partial charge in [0.1, 0.15) is 5.82 Å². The first-order valence-electron chi connectivity index (χ1n) is 7.83. The van der Waals surface area contributed by atoms with Crippen LogP contribution in [0.1, 0.15) is 45.1 Å². The fraction of sp³-hybridized carbons (Fsp3) is 0.688. The molecule has 4 heteroatoms. The lowest BCUT2D eigenvalue weighted by molar-refractivity contribution is 0.0772. The van der Waals surface area contributed by atoms with Crippen molar-refractivity contribution in [1.82, 2.24) is 9.88 Å². The van der Waals surface area contributed by atoms with Gasteiger partial charge in [-0.2, -0.15) is 0 Å². The van der Waals surface area contributed by atoms with Gasteiger partial charge < -0.3 is 11.5 Å². The Morgan fingerprint density at radius 1 is 1.30 bits per heavy atom. The minimum atomic E-state index is 0.159. The third-order valence-corrected chi connectivity index (χ3v) is 4.85. The number of likely N-dealkylation sites (N-methyl/N-ethyl adjacent to an activating group) is 1. The summed E-state index contributed by atoms with van der Waals surface area (Å²) in [6, 6.07) is 4.14. The number of rotatable bonds is 6. The van der Waals surface area contributed by atoms with Crippen LogP contribution >= 0.6 is 0 Å². The molecule has 0 radical (unpaired) electrons. The van der Waals surface area contributed by atoms with Crippen LogP contribution in [0, 0.1) is 0 Å². The quantitative estimate of drug-likeness (QED) is 0.835. The van der Waals surface area contributed by atoms with Crippen molar-refractivity contribution in [2.75, 3.05) is 18.8 Å². The van der Waals surface area contributed by atoms with Crippen molar-refractivity contribution >= 4 is 5.82 Å². The molecule has 1 fully saturated rings. The van der Waals surface area contributed by atoms with Gasteiger partial charge in [-0.05, 0) is 50.0 Å². The Balaban J connectivity index is 2.17. The second-order valence-corrected chi connectivity index (χ2v) is 5.88. The molecule has 0 amide bonds. The molecule has 0 aromatic carbocycles. The average molecular weight is 276 g/mol. The summed E-state index contributed by atoms with van der Waals surface area (Å²) in [7, 11) is 0. The molecule has 1 aromatic rings. The van der Waals surface area contributed by atoms with Crippen LogP contribution in [-0.4, -0.2) is 34.6 Å². The normalized spacial score (nSPS) is 19.4. The zero-order valence-corrected chi connectivity index (χ0v) is 12.8. The lowest BCUT2D eigenvalue weighted by Gasteiger charge is -2.45. The van der Waals surface area contributed by atoms with Crippen molar-refractivity contribution in [3.05, 3.63) is 23.9 Å². The van der Waals surface area contributed by atoms with Crippen LogP contribution in [0.2, 0.25) is 0 Å². The topological polar surface area (TPSA) is 68.2 Å². The van der Waals surface area contributed by atoms with Crippen molar-refractivity contribution in [2.45, 2.75) is 57.5 Å². The van der Waals surface area contributed by atoms with Gasteiger partial charge in [0, 0.05) is 17.8 Å². The highest BCUT2D eigenvalue weighted by atomic mass is 15.2. The summed E-state index contributed by atoms with van der Waals surface area (Å²) in [5, 5.41) is 0. The van der Waals surface area contributed by atoms with Crippen LogP contribution < -0.4 is 11.5 Å². The van der Waals surface area contributed by atoms with E-state index in [4.69, 9.17) is 11.5 Å². The van der Waals surface area contributed by atoms with Crippen molar-refractivity contribution in [2.24, 2.45) is 5.73 Å². The van der Waals surface area contributed by atoms with Crippen molar-refractivity contribution in [3.63, 3.8) is 0 Å². The summed E-state index contributed by atoms with van der Waals surface area (Å²) in [6.45, 7) is 6.62. The smallest absolute Gasteiger partial charge is 0.123 e. The van der Waals surface area contributed by atoms with E-state index < -0.39 is 0 Å². The molecule has 0 bridgehead atoms. The van der Waals surface area contributed by atoms with Crippen molar-refractivity contribution in [3.8, 4) is 0 Å². The predicted octanol–water partition coefficient (Wildman–Crippen LogP) is 2.19. The minimum Gasteiger partial charge on any atom is -0.384 e. The molecule has 1 heterocycles. The van der Waals surface area contributed by atoms with Crippen LogP contribution in [0.15, 0.2) is 18.3 Å². The number of nitrogen functional groups attached to an aromatic ring is 1. The van der Waals surface area contributed by atoms with E-state index in [0.717, 1.165) is 19.5 Å². The fourth-order valence-corrected chi connectivity index (χ4v) is 3.83. The molecule has 112 valence electrons. The third-order valence-electron chi connectivity index (χ3n) is 4.85. The second-order valence-electron chi connectivity index (χ2n) is 5.88. The Kier molecular flexibility index (Phi) is 5.00. The van der Waals surface area contributed by atoms with Gasteiger partial charge in [0.05, 0.1) is 0 Å². The number of pyridine rings is 1. The Hall–Kier alpha value is -1.13. The largest absolute Gasteiger partial charge is 0.384 e. The van der Waals surface area contributed by atoms with Crippen LogP contribution in [0.5, 0.6) is 0 Å². The third kappa shape index (κ3) is 2.96. The fourth-order valence-electron chi connectivity index (χ4n) is 3.83. The maximum atomic E-state index is 6.65. The van der Waals surface area contributed by atoms with Crippen LogP contribution in [0.3, 0.4) is 0 Å². The lowest BCUT2D eigenvalue weighted by atomic mass is 9.83. The molecule has 1 aromatic heterocycles. The molecule has 1 unspecified atom stereocenters. The molecule has 1 aliphatic rings. The van der Waals surface area contributed by atoms with Crippen LogP contribution in [-0.2, 0) is 6.42 Å². The van der Waals surface area contributed by atoms with Gasteiger partial charge in [0.2, 0.25) is 0 Å². The first-order chi connectivity index (χ1) is 9.62. The zero-order chi connectivity index (χ0) is 14.6. The molecule has 4 nitrogen and oxygen atoms in total.